The van der Waals surface area contributed by atoms with Gasteiger partial charge < -0.3 is 10.4 Å². The van der Waals surface area contributed by atoms with Crippen molar-refractivity contribution in [3.63, 3.8) is 0 Å². The summed E-state index contributed by atoms with van der Waals surface area (Å²) < 4.78 is 40.2. The van der Waals surface area contributed by atoms with Gasteiger partial charge in [0, 0.05) is 32.2 Å². The molecule has 1 aromatic carbocycles. The summed E-state index contributed by atoms with van der Waals surface area (Å²) in [6.45, 7) is 0.992. The molecule has 0 aliphatic carbocycles. The van der Waals surface area contributed by atoms with Gasteiger partial charge in [-0.1, -0.05) is 0 Å². The van der Waals surface area contributed by atoms with Crippen LogP contribution >= 0.6 is 24.8 Å². The van der Waals surface area contributed by atoms with Gasteiger partial charge in [0.1, 0.15) is 11.8 Å². The average Bonchev–Trinajstić information content (AvgIpc) is 2.38. The third kappa shape index (κ3) is 5.10. The minimum atomic E-state index is -4.67. The predicted octanol–water partition coefficient (Wildman–Crippen LogP) is 2.65. The van der Waals surface area contributed by atoms with E-state index in [-0.39, 0.29) is 37.9 Å². The number of aromatic hydroxyl groups is 1. The third-order valence-electron chi connectivity index (χ3n) is 3.33. The molecule has 0 saturated carbocycles. The lowest BCUT2D eigenvalue weighted by Crippen LogP contribution is -2.49. The van der Waals surface area contributed by atoms with Crippen molar-refractivity contribution in [2.45, 2.75) is 12.2 Å². The van der Waals surface area contributed by atoms with Crippen LogP contribution in [0.2, 0.25) is 0 Å². The second kappa shape index (κ2) is 8.53. The topological polar surface area (TPSA) is 78.6 Å². The van der Waals surface area contributed by atoms with E-state index in [0.717, 1.165) is 23.1 Å². The second-order valence-corrected chi connectivity index (χ2v) is 4.73. The lowest BCUT2D eigenvalue weighted by atomic mass is 10.0. The largest absolute Gasteiger partial charge is 0.508 e. The lowest BCUT2D eigenvalue weighted by Gasteiger charge is -2.35. The zero-order valence-electron chi connectivity index (χ0n) is 11.7. The summed E-state index contributed by atoms with van der Waals surface area (Å²) in [6.07, 6.45) is -4.67. The summed E-state index contributed by atoms with van der Waals surface area (Å²) >= 11 is 0. The molecule has 132 valence electrons. The molecule has 0 aromatic heterocycles. The quantitative estimate of drug-likeness (QED) is 0.625. The average molecular weight is 378 g/mol. The Kier molecular flexibility index (Phi) is 8.05. The first-order valence-corrected chi connectivity index (χ1v) is 6.29. The first kappa shape index (κ1) is 21.7. The van der Waals surface area contributed by atoms with Crippen LogP contribution in [0.15, 0.2) is 18.2 Å². The van der Waals surface area contributed by atoms with Crippen LogP contribution in [0.3, 0.4) is 0 Å². The minimum absolute atomic E-state index is 0. The summed E-state index contributed by atoms with van der Waals surface area (Å²) in [5.41, 5.74) is -1.18. The highest BCUT2D eigenvalue weighted by molar-refractivity contribution is 5.85. The number of halogens is 5. The van der Waals surface area contributed by atoms with E-state index < -0.39 is 34.1 Å². The van der Waals surface area contributed by atoms with Crippen molar-refractivity contribution < 1.29 is 23.2 Å². The first-order chi connectivity index (χ1) is 9.80. The molecule has 1 aliphatic heterocycles. The van der Waals surface area contributed by atoms with Crippen LogP contribution < -0.4 is 5.32 Å². The van der Waals surface area contributed by atoms with Gasteiger partial charge in [0.25, 0.3) is 5.69 Å². The van der Waals surface area contributed by atoms with Crippen molar-refractivity contribution in [1.82, 2.24) is 10.2 Å². The minimum Gasteiger partial charge on any atom is -0.508 e. The Balaban J connectivity index is 0.00000242. The molecule has 0 bridgehead atoms. The summed E-state index contributed by atoms with van der Waals surface area (Å²) in [5.74, 6) is -0.431. The molecule has 1 saturated heterocycles. The maximum atomic E-state index is 13.4. The van der Waals surface area contributed by atoms with E-state index in [2.05, 4.69) is 5.32 Å². The maximum absolute atomic E-state index is 13.4. The molecule has 0 amide bonds. The number of nitro benzene ring substituents is 1. The molecule has 0 unspecified atom stereocenters. The molecule has 23 heavy (non-hydrogen) atoms. The standard InChI is InChI=1S/C12H14F3N3O3.2ClH/c13-12(14,15)11(17-5-3-16-4-6-17)9-7-8(19)1-2-10(9)18(20)21;;/h1-2,7,11,16,19H,3-6H2;2*1H/t11-;;/m1../s1. The zero-order valence-corrected chi connectivity index (χ0v) is 13.4. The van der Waals surface area contributed by atoms with Gasteiger partial charge in [-0.15, -0.1) is 24.8 Å². The van der Waals surface area contributed by atoms with Crippen LogP contribution in [-0.4, -0.2) is 47.3 Å². The molecule has 1 aromatic rings. The lowest BCUT2D eigenvalue weighted by molar-refractivity contribution is -0.386. The second-order valence-electron chi connectivity index (χ2n) is 4.73. The Morgan fingerprint density at radius 1 is 1.26 bits per heavy atom. The van der Waals surface area contributed by atoms with E-state index in [1.54, 1.807) is 0 Å². The Morgan fingerprint density at radius 2 is 1.83 bits per heavy atom. The zero-order chi connectivity index (χ0) is 15.6. The molecule has 11 heteroatoms. The van der Waals surface area contributed by atoms with Crippen LogP contribution in [0.5, 0.6) is 5.75 Å². The molecular weight excluding hydrogens is 362 g/mol. The molecule has 2 rings (SSSR count). The van der Waals surface area contributed by atoms with Crippen molar-refractivity contribution in [2.75, 3.05) is 26.2 Å². The fraction of sp³-hybridized carbons (Fsp3) is 0.500. The van der Waals surface area contributed by atoms with Gasteiger partial charge >= 0.3 is 6.18 Å². The van der Waals surface area contributed by atoms with Gasteiger partial charge in [0.2, 0.25) is 0 Å². The molecular formula is C12H16Cl2F3N3O3. The SMILES string of the molecule is Cl.Cl.O=[N+]([O-])c1ccc(O)cc1[C@@H](N1CCNCC1)C(F)(F)F. The summed E-state index contributed by atoms with van der Waals surface area (Å²) in [5, 5.41) is 23.3. The highest BCUT2D eigenvalue weighted by Crippen LogP contribution is 2.42. The summed E-state index contributed by atoms with van der Waals surface area (Å²) in [4.78, 5) is 11.2. The maximum Gasteiger partial charge on any atom is 0.408 e. The number of alkyl halides is 3. The Hall–Kier alpha value is -1.29. The molecule has 1 heterocycles. The molecule has 6 nitrogen and oxygen atoms in total. The fourth-order valence-corrected chi connectivity index (χ4v) is 2.45. The highest BCUT2D eigenvalue weighted by Gasteiger charge is 2.47. The van der Waals surface area contributed by atoms with Crippen LogP contribution in [0.4, 0.5) is 18.9 Å². The number of nitro groups is 1. The Bertz CT molecular complexity index is 540. The van der Waals surface area contributed by atoms with E-state index in [9.17, 15) is 28.4 Å². The van der Waals surface area contributed by atoms with Crippen molar-refractivity contribution in [1.29, 1.82) is 0 Å². The number of nitrogens with one attached hydrogen (secondary N) is 1. The van der Waals surface area contributed by atoms with Crippen LogP contribution in [-0.2, 0) is 0 Å². The number of phenols is 1. The smallest absolute Gasteiger partial charge is 0.408 e. The van der Waals surface area contributed by atoms with E-state index >= 15 is 0 Å². The van der Waals surface area contributed by atoms with E-state index in [1.165, 1.54) is 0 Å². The first-order valence-electron chi connectivity index (χ1n) is 6.29. The van der Waals surface area contributed by atoms with Gasteiger partial charge in [-0.2, -0.15) is 13.2 Å². The van der Waals surface area contributed by atoms with Crippen molar-refractivity contribution in [2.24, 2.45) is 0 Å². The molecule has 1 atom stereocenters. The monoisotopic (exact) mass is 377 g/mol. The van der Waals surface area contributed by atoms with Gasteiger partial charge in [-0.25, -0.2) is 0 Å². The Morgan fingerprint density at radius 3 is 2.30 bits per heavy atom. The number of hydrogen-bond acceptors (Lipinski definition) is 5. The molecule has 1 aliphatic rings. The van der Waals surface area contributed by atoms with Crippen LogP contribution in [0.25, 0.3) is 0 Å². The highest BCUT2D eigenvalue weighted by atomic mass is 35.5. The number of hydrogen-bond donors (Lipinski definition) is 2. The van der Waals surface area contributed by atoms with E-state index in [4.69, 9.17) is 0 Å². The van der Waals surface area contributed by atoms with Crippen LogP contribution in [0.1, 0.15) is 11.6 Å². The number of rotatable bonds is 3. The molecule has 1 fully saturated rings. The van der Waals surface area contributed by atoms with Crippen molar-refractivity contribution in [3.05, 3.63) is 33.9 Å². The van der Waals surface area contributed by atoms with E-state index in [1.807, 2.05) is 0 Å². The predicted molar refractivity (Wildman–Crippen MR) is 82.5 cm³/mol. The van der Waals surface area contributed by atoms with Gasteiger partial charge in [-0.05, 0) is 12.1 Å². The third-order valence-corrected chi connectivity index (χ3v) is 3.33. The van der Waals surface area contributed by atoms with Crippen molar-refractivity contribution in [3.8, 4) is 5.75 Å². The normalized spacial score (nSPS) is 16.8. The summed E-state index contributed by atoms with van der Waals surface area (Å²) in [7, 11) is 0. The van der Waals surface area contributed by atoms with Gasteiger partial charge in [0.15, 0.2) is 0 Å². The molecule has 0 radical (unpaired) electrons. The fourth-order valence-electron chi connectivity index (χ4n) is 2.45. The molecule has 0 spiro atoms. The number of benzene rings is 1. The summed E-state index contributed by atoms with van der Waals surface area (Å²) in [6, 6.07) is 0.614. The van der Waals surface area contributed by atoms with Gasteiger partial charge in [0.05, 0.1) is 10.5 Å². The number of piperazine rings is 1. The molecule has 2 N–H and O–H groups in total. The Labute approximate surface area is 142 Å². The van der Waals surface area contributed by atoms with Crippen LogP contribution in [0, 0.1) is 10.1 Å². The van der Waals surface area contributed by atoms with Gasteiger partial charge in [-0.3, -0.25) is 15.0 Å². The number of phenolic OH excluding ortho intramolecular Hbond substituents is 1. The van der Waals surface area contributed by atoms with Crippen molar-refractivity contribution >= 4 is 30.5 Å². The number of nitrogens with zero attached hydrogens (tertiary/aromatic N) is 2. The van der Waals surface area contributed by atoms with E-state index in [0.29, 0.717) is 13.1 Å².